The van der Waals surface area contributed by atoms with Crippen molar-refractivity contribution in [1.82, 2.24) is 10.6 Å². The zero-order chi connectivity index (χ0) is 21.5. The lowest BCUT2D eigenvalue weighted by atomic mass is 10.2. The second-order valence-electron chi connectivity index (χ2n) is 6.14. The maximum Gasteiger partial charge on any atom is 0.387 e. The van der Waals surface area contributed by atoms with Crippen molar-refractivity contribution in [3.8, 4) is 17.1 Å². The third kappa shape index (κ3) is 5.87. The number of nitrogens with one attached hydrogen (secondary N) is 2. The van der Waals surface area contributed by atoms with Gasteiger partial charge in [0.25, 0.3) is 5.91 Å². The number of carbonyl (C=O) groups is 2. The number of halogens is 3. The molecule has 6 nitrogen and oxygen atoms in total. The summed E-state index contributed by atoms with van der Waals surface area (Å²) in [5.41, 5.74) is 0.773. The van der Waals surface area contributed by atoms with Crippen LogP contribution in [0.25, 0.3) is 11.3 Å². The van der Waals surface area contributed by atoms with E-state index in [0.717, 1.165) is 6.07 Å². The van der Waals surface area contributed by atoms with E-state index >= 15 is 0 Å². The van der Waals surface area contributed by atoms with Crippen LogP contribution in [0.5, 0.6) is 5.75 Å². The second kappa shape index (κ2) is 9.64. The Hall–Kier alpha value is -3.75. The molecule has 0 saturated heterocycles. The summed E-state index contributed by atoms with van der Waals surface area (Å²) < 4.78 is 47.3. The molecule has 1 aromatic heterocycles. The average Bonchev–Trinajstić information content (AvgIpc) is 3.20. The van der Waals surface area contributed by atoms with Gasteiger partial charge in [-0.05, 0) is 54.6 Å². The highest BCUT2D eigenvalue weighted by atomic mass is 19.3. The van der Waals surface area contributed by atoms with E-state index < -0.39 is 18.4 Å². The summed E-state index contributed by atoms with van der Waals surface area (Å²) in [6.07, 6.45) is 0. The van der Waals surface area contributed by atoms with Crippen LogP contribution in [0.1, 0.15) is 16.1 Å². The molecule has 0 saturated carbocycles. The zero-order valence-electron chi connectivity index (χ0n) is 15.5. The summed E-state index contributed by atoms with van der Waals surface area (Å²) in [5.74, 6) is -0.584. The molecule has 1 heterocycles. The van der Waals surface area contributed by atoms with Crippen molar-refractivity contribution in [2.75, 3.05) is 6.54 Å². The lowest BCUT2D eigenvalue weighted by Crippen LogP contribution is -2.36. The fourth-order valence-electron chi connectivity index (χ4n) is 2.57. The van der Waals surface area contributed by atoms with Crippen LogP contribution >= 0.6 is 0 Å². The standard InChI is InChI=1S/C21H17F3N2O4/c22-15-6-4-13(5-7-15)18-9-8-17(29-18)11-25-19(27)12-26-20(28)14-2-1-3-16(10-14)30-21(23)24/h1-10,21H,11-12H2,(H,25,27)(H,26,28). The average molecular weight is 418 g/mol. The van der Waals surface area contributed by atoms with Gasteiger partial charge in [0.2, 0.25) is 5.91 Å². The lowest BCUT2D eigenvalue weighted by molar-refractivity contribution is -0.120. The molecule has 3 rings (SSSR count). The first kappa shape index (κ1) is 21.0. The predicted octanol–water partition coefficient (Wildman–Crippen LogP) is 3.73. The van der Waals surface area contributed by atoms with Crippen LogP contribution in [0, 0.1) is 5.82 Å². The fourth-order valence-corrected chi connectivity index (χ4v) is 2.57. The largest absolute Gasteiger partial charge is 0.459 e. The van der Waals surface area contributed by atoms with E-state index in [2.05, 4.69) is 15.4 Å². The highest BCUT2D eigenvalue weighted by Gasteiger charge is 2.12. The van der Waals surface area contributed by atoms with Crippen molar-refractivity contribution in [2.24, 2.45) is 0 Å². The number of rotatable bonds is 8. The van der Waals surface area contributed by atoms with Gasteiger partial charge in [0.15, 0.2) is 0 Å². The summed E-state index contributed by atoms with van der Waals surface area (Å²) in [5, 5.41) is 4.98. The fraction of sp³-hybridized carbons (Fsp3) is 0.143. The van der Waals surface area contributed by atoms with Crippen LogP contribution in [0.4, 0.5) is 13.2 Å². The van der Waals surface area contributed by atoms with Gasteiger partial charge in [-0.15, -0.1) is 0 Å². The summed E-state index contributed by atoms with van der Waals surface area (Å²) in [7, 11) is 0. The molecule has 0 bridgehead atoms. The molecule has 0 aliphatic heterocycles. The SMILES string of the molecule is O=C(CNC(=O)c1cccc(OC(F)F)c1)NCc1ccc(-c2ccc(F)cc2)o1. The molecule has 0 unspecified atom stereocenters. The van der Waals surface area contributed by atoms with Crippen LogP contribution < -0.4 is 15.4 Å². The van der Waals surface area contributed by atoms with Gasteiger partial charge < -0.3 is 19.8 Å². The van der Waals surface area contributed by atoms with Crippen molar-refractivity contribution < 1.29 is 31.9 Å². The monoisotopic (exact) mass is 418 g/mol. The molecule has 9 heteroatoms. The number of benzene rings is 2. The number of hydrogen-bond donors (Lipinski definition) is 2. The highest BCUT2D eigenvalue weighted by molar-refractivity contribution is 5.96. The van der Waals surface area contributed by atoms with Crippen molar-refractivity contribution in [3.63, 3.8) is 0 Å². The first-order chi connectivity index (χ1) is 14.4. The molecule has 0 atom stereocenters. The summed E-state index contributed by atoms with van der Waals surface area (Å²) in [6.45, 7) is -3.22. The third-order valence-electron chi connectivity index (χ3n) is 3.98. The van der Waals surface area contributed by atoms with Crippen molar-refractivity contribution >= 4 is 11.8 Å². The molecule has 30 heavy (non-hydrogen) atoms. The number of amides is 2. The molecule has 0 spiro atoms. The van der Waals surface area contributed by atoms with Crippen molar-refractivity contribution in [3.05, 3.63) is 77.8 Å². The quantitative estimate of drug-likeness (QED) is 0.584. The summed E-state index contributed by atoms with van der Waals surface area (Å²) in [6, 6.07) is 14.4. The van der Waals surface area contributed by atoms with Gasteiger partial charge in [0.05, 0.1) is 13.1 Å². The van der Waals surface area contributed by atoms with E-state index in [1.54, 1.807) is 24.3 Å². The van der Waals surface area contributed by atoms with Crippen LogP contribution in [0.2, 0.25) is 0 Å². The molecule has 156 valence electrons. The van der Waals surface area contributed by atoms with Crippen LogP contribution in [0.3, 0.4) is 0 Å². The van der Waals surface area contributed by atoms with Crippen LogP contribution in [-0.2, 0) is 11.3 Å². The van der Waals surface area contributed by atoms with E-state index in [9.17, 15) is 22.8 Å². The summed E-state index contributed by atoms with van der Waals surface area (Å²) >= 11 is 0. The Morgan fingerprint density at radius 2 is 1.77 bits per heavy atom. The Bertz CT molecular complexity index is 1020. The topological polar surface area (TPSA) is 80.6 Å². The van der Waals surface area contributed by atoms with E-state index in [0.29, 0.717) is 17.1 Å². The maximum absolute atomic E-state index is 13.0. The number of alkyl halides is 2. The molecule has 2 amide bonds. The Morgan fingerprint density at radius 1 is 1.00 bits per heavy atom. The third-order valence-corrected chi connectivity index (χ3v) is 3.98. The minimum absolute atomic E-state index is 0.0796. The van der Waals surface area contributed by atoms with Crippen LogP contribution in [-0.4, -0.2) is 25.0 Å². The van der Waals surface area contributed by atoms with E-state index in [-0.39, 0.29) is 30.2 Å². The van der Waals surface area contributed by atoms with Gasteiger partial charge in [-0.25, -0.2) is 4.39 Å². The van der Waals surface area contributed by atoms with Gasteiger partial charge in [-0.1, -0.05) is 6.07 Å². The van der Waals surface area contributed by atoms with E-state index in [1.807, 2.05) is 0 Å². The van der Waals surface area contributed by atoms with Gasteiger partial charge in [0, 0.05) is 11.1 Å². The Morgan fingerprint density at radius 3 is 2.50 bits per heavy atom. The first-order valence-corrected chi connectivity index (χ1v) is 8.85. The second-order valence-corrected chi connectivity index (χ2v) is 6.14. The van der Waals surface area contributed by atoms with Crippen LogP contribution in [0.15, 0.2) is 65.1 Å². The minimum atomic E-state index is -3.00. The van der Waals surface area contributed by atoms with E-state index in [1.165, 1.54) is 30.3 Å². The molecular weight excluding hydrogens is 401 g/mol. The first-order valence-electron chi connectivity index (χ1n) is 8.85. The Kier molecular flexibility index (Phi) is 6.74. The van der Waals surface area contributed by atoms with Crippen molar-refractivity contribution in [2.45, 2.75) is 13.2 Å². The molecule has 0 fully saturated rings. The Labute approximate surface area is 169 Å². The van der Waals surface area contributed by atoms with Gasteiger partial charge >= 0.3 is 6.61 Å². The number of furan rings is 1. The van der Waals surface area contributed by atoms with E-state index in [4.69, 9.17) is 4.42 Å². The lowest BCUT2D eigenvalue weighted by Gasteiger charge is -2.08. The zero-order valence-corrected chi connectivity index (χ0v) is 15.5. The van der Waals surface area contributed by atoms with Gasteiger partial charge in [-0.2, -0.15) is 8.78 Å². The van der Waals surface area contributed by atoms with Gasteiger partial charge in [0.1, 0.15) is 23.1 Å². The number of ether oxygens (including phenoxy) is 1. The molecule has 3 aromatic rings. The molecule has 0 radical (unpaired) electrons. The molecule has 0 aliphatic carbocycles. The smallest absolute Gasteiger partial charge is 0.387 e. The van der Waals surface area contributed by atoms with Gasteiger partial charge in [-0.3, -0.25) is 9.59 Å². The Balaban J connectivity index is 1.47. The maximum atomic E-state index is 13.0. The highest BCUT2D eigenvalue weighted by Crippen LogP contribution is 2.22. The normalized spacial score (nSPS) is 10.7. The summed E-state index contributed by atoms with van der Waals surface area (Å²) in [4.78, 5) is 24.0. The molecule has 0 aliphatic rings. The molecular formula is C21H17F3N2O4. The minimum Gasteiger partial charge on any atom is -0.459 e. The number of carbonyl (C=O) groups excluding carboxylic acids is 2. The van der Waals surface area contributed by atoms with Crippen molar-refractivity contribution in [1.29, 1.82) is 0 Å². The molecule has 2 aromatic carbocycles. The number of hydrogen-bond acceptors (Lipinski definition) is 4. The predicted molar refractivity (Wildman–Crippen MR) is 101 cm³/mol. The molecule has 2 N–H and O–H groups in total.